The highest BCUT2D eigenvalue weighted by Gasteiger charge is 2.58. The van der Waals surface area contributed by atoms with Gasteiger partial charge in [-0.2, -0.15) is 0 Å². The molecule has 4 aromatic rings. The average Bonchev–Trinajstić information content (AvgIpc) is 3.41. The van der Waals surface area contributed by atoms with E-state index in [2.05, 4.69) is 90.1 Å². The van der Waals surface area contributed by atoms with Gasteiger partial charge in [0.25, 0.3) is 16.6 Å². The lowest BCUT2D eigenvalue weighted by molar-refractivity contribution is -0.161. The van der Waals surface area contributed by atoms with Crippen LogP contribution in [0.15, 0.2) is 121 Å². The van der Waals surface area contributed by atoms with E-state index in [1.54, 1.807) is 0 Å². The van der Waals surface area contributed by atoms with Crippen LogP contribution in [0.5, 0.6) is 0 Å². The summed E-state index contributed by atoms with van der Waals surface area (Å²) in [4.78, 5) is 0. The molecule has 4 aromatic carbocycles. The minimum Gasteiger partial charge on any atom is -0.399 e. The maximum atomic E-state index is 11.2. The highest BCUT2D eigenvalue weighted by molar-refractivity contribution is 7.00. The Kier molecular flexibility index (Phi) is 11.2. The van der Waals surface area contributed by atoms with Gasteiger partial charge in [0.05, 0.1) is 25.4 Å². The first-order valence-electron chi connectivity index (χ1n) is 17.4. The van der Waals surface area contributed by atoms with Gasteiger partial charge >= 0.3 is 0 Å². The first-order valence-corrected chi connectivity index (χ1v) is 21.2. The van der Waals surface area contributed by atoms with Crippen LogP contribution >= 0.6 is 0 Å². The third kappa shape index (κ3) is 7.29. The molecule has 0 saturated carbocycles. The molecule has 1 aliphatic rings. The van der Waals surface area contributed by atoms with E-state index in [4.69, 9.17) is 18.3 Å². The smallest absolute Gasteiger partial charge is 0.261 e. The number of rotatable bonds is 12. The van der Waals surface area contributed by atoms with Gasteiger partial charge in [0.2, 0.25) is 0 Å². The molecule has 262 valence electrons. The van der Waals surface area contributed by atoms with E-state index < -0.39 is 46.8 Å². The largest absolute Gasteiger partial charge is 0.399 e. The second kappa shape index (κ2) is 14.7. The van der Waals surface area contributed by atoms with E-state index in [-0.39, 0.29) is 23.3 Å². The van der Waals surface area contributed by atoms with Crippen LogP contribution in [-0.4, -0.2) is 70.3 Å². The SMILES string of the molecule is CC1(C)O[C@H]([C@H](CO)O[Si](c2ccccc2)(c2ccccc2)C(C)(C)C)[C@@H]([C@@H](CO)O[Si](c2ccccc2)(c2ccccc2)C(C)(C)C)O1. The molecule has 0 unspecified atom stereocenters. The fourth-order valence-electron chi connectivity index (χ4n) is 7.65. The van der Waals surface area contributed by atoms with Gasteiger partial charge in [-0.15, -0.1) is 0 Å². The zero-order valence-electron chi connectivity index (χ0n) is 30.3. The minimum atomic E-state index is -3.09. The van der Waals surface area contributed by atoms with Gasteiger partial charge in [0.15, 0.2) is 5.79 Å². The Morgan fingerprint density at radius 2 is 0.776 bits per heavy atom. The van der Waals surface area contributed by atoms with Crippen LogP contribution in [0.3, 0.4) is 0 Å². The van der Waals surface area contributed by atoms with E-state index >= 15 is 0 Å². The molecule has 0 bridgehead atoms. The summed E-state index contributed by atoms with van der Waals surface area (Å²) in [6.07, 6.45) is -3.04. The second-order valence-electron chi connectivity index (χ2n) is 15.6. The zero-order chi connectivity index (χ0) is 35.5. The zero-order valence-corrected chi connectivity index (χ0v) is 32.3. The van der Waals surface area contributed by atoms with Gasteiger partial charge < -0.3 is 28.5 Å². The molecule has 8 heteroatoms. The van der Waals surface area contributed by atoms with Crippen molar-refractivity contribution in [2.24, 2.45) is 0 Å². The number of hydrogen-bond donors (Lipinski definition) is 2. The quantitative estimate of drug-likeness (QED) is 0.194. The number of benzene rings is 4. The summed E-state index contributed by atoms with van der Waals surface area (Å²) in [5, 5.41) is 26.2. The lowest BCUT2D eigenvalue weighted by Crippen LogP contribution is -2.70. The molecule has 0 spiro atoms. The van der Waals surface area contributed by atoms with Crippen molar-refractivity contribution in [3.05, 3.63) is 121 Å². The molecule has 0 aromatic heterocycles. The maximum absolute atomic E-state index is 11.2. The van der Waals surface area contributed by atoms with Crippen LogP contribution in [0, 0.1) is 0 Å². The Morgan fingerprint density at radius 1 is 0.531 bits per heavy atom. The monoisotopic (exact) mass is 698 g/mol. The van der Waals surface area contributed by atoms with E-state index in [0.717, 1.165) is 20.7 Å². The lowest BCUT2D eigenvalue weighted by atomic mass is 10.0. The maximum Gasteiger partial charge on any atom is 0.261 e. The van der Waals surface area contributed by atoms with Gasteiger partial charge in [0, 0.05) is 0 Å². The normalized spacial score (nSPS) is 19.8. The standard InChI is InChI=1S/C41H54O6Si2/c1-39(2,3)48(31-21-13-9-14-22-31,32-23-15-10-16-24-32)46-35(29-42)37-38(45-41(7,8)44-37)36(30-43)47-49(40(4,5)6,33-25-17-11-18-26-33)34-27-19-12-20-28-34/h9-28,35-38,42-43H,29-30H2,1-8H3/t35-,36+,37-,38-/m1/s1. The molecular weight excluding hydrogens is 645 g/mol. The molecule has 49 heavy (non-hydrogen) atoms. The molecule has 4 atom stereocenters. The van der Waals surface area contributed by atoms with Crippen molar-refractivity contribution in [1.29, 1.82) is 0 Å². The Morgan fingerprint density at radius 3 is 0.980 bits per heavy atom. The molecule has 0 aliphatic carbocycles. The third-order valence-corrected chi connectivity index (χ3v) is 19.9. The molecule has 6 nitrogen and oxygen atoms in total. The molecule has 1 fully saturated rings. The first-order chi connectivity index (χ1) is 23.2. The Bertz CT molecular complexity index is 1400. The topological polar surface area (TPSA) is 77.4 Å². The van der Waals surface area contributed by atoms with E-state index in [0.29, 0.717) is 0 Å². The van der Waals surface area contributed by atoms with Crippen LogP contribution in [0.2, 0.25) is 10.1 Å². The van der Waals surface area contributed by atoms with E-state index in [1.165, 1.54) is 0 Å². The van der Waals surface area contributed by atoms with Crippen LogP contribution < -0.4 is 20.7 Å². The summed E-state index contributed by atoms with van der Waals surface area (Å²) in [5.41, 5.74) is 0. The second-order valence-corrected chi connectivity index (χ2v) is 24.1. The van der Waals surface area contributed by atoms with Crippen LogP contribution in [-0.2, 0) is 18.3 Å². The van der Waals surface area contributed by atoms with Gasteiger partial charge in [-0.25, -0.2) is 0 Å². The molecule has 0 radical (unpaired) electrons. The minimum absolute atomic E-state index is 0.303. The van der Waals surface area contributed by atoms with Crippen molar-refractivity contribution in [2.45, 2.75) is 95.7 Å². The molecule has 1 heterocycles. The molecule has 0 amide bonds. The predicted molar refractivity (Wildman–Crippen MR) is 203 cm³/mol. The van der Waals surface area contributed by atoms with E-state index in [1.807, 2.05) is 86.6 Å². The lowest BCUT2D eigenvalue weighted by Gasteiger charge is -2.47. The summed E-state index contributed by atoms with van der Waals surface area (Å²) in [6.45, 7) is 16.4. The third-order valence-electron chi connectivity index (χ3n) is 9.75. The predicted octanol–water partition coefficient (Wildman–Crippen LogP) is 5.38. The summed E-state index contributed by atoms with van der Waals surface area (Å²) < 4.78 is 28.3. The van der Waals surface area contributed by atoms with Gasteiger partial charge in [-0.1, -0.05) is 163 Å². The molecule has 2 N–H and O–H groups in total. The fourth-order valence-corrected chi connectivity index (χ4v) is 17.0. The van der Waals surface area contributed by atoms with Gasteiger partial charge in [-0.3, -0.25) is 0 Å². The van der Waals surface area contributed by atoms with Gasteiger partial charge in [0.1, 0.15) is 12.2 Å². The summed E-state index contributed by atoms with van der Waals surface area (Å²) in [7, 11) is -6.19. The van der Waals surface area contributed by atoms with Crippen molar-refractivity contribution >= 4 is 37.4 Å². The summed E-state index contributed by atoms with van der Waals surface area (Å²) in [6, 6.07) is 41.5. The van der Waals surface area contributed by atoms with Gasteiger partial charge in [-0.05, 0) is 44.7 Å². The first kappa shape index (κ1) is 37.3. The Balaban J connectivity index is 1.63. The fraction of sp³-hybridized carbons (Fsp3) is 0.415. The highest BCUT2D eigenvalue weighted by atomic mass is 28.4. The van der Waals surface area contributed by atoms with Crippen molar-refractivity contribution < 1.29 is 28.5 Å². The van der Waals surface area contributed by atoms with Crippen LogP contribution in [0.25, 0.3) is 0 Å². The summed E-state index contributed by atoms with van der Waals surface area (Å²) >= 11 is 0. The van der Waals surface area contributed by atoms with Crippen molar-refractivity contribution in [3.8, 4) is 0 Å². The van der Waals surface area contributed by atoms with E-state index in [9.17, 15) is 10.2 Å². The Hall–Kier alpha value is -2.93. The number of ether oxygens (including phenoxy) is 2. The van der Waals surface area contributed by atoms with Crippen molar-refractivity contribution in [2.75, 3.05) is 13.2 Å². The highest BCUT2D eigenvalue weighted by Crippen LogP contribution is 2.43. The average molecular weight is 699 g/mol. The molecule has 1 saturated heterocycles. The molecular formula is C41H54O6Si2. The van der Waals surface area contributed by atoms with Crippen molar-refractivity contribution in [1.82, 2.24) is 0 Å². The molecule has 1 aliphatic heterocycles. The van der Waals surface area contributed by atoms with Crippen LogP contribution in [0.4, 0.5) is 0 Å². The molecule has 5 rings (SSSR count). The summed E-state index contributed by atoms with van der Waals surface area (Å²) in [5.74, 6) is -1.01. The van der Waals surface area contributed by atoms with Crippen molar-refractivity contribution in [3.63, 3.8) is 0 Å². The number of aliphatic hydroxyl groups is 2. The number of aliphatic hydroxyl groups excluding tert-OH is 2. The van der Waals surface area contributed by atoms with Crippen LogP contribution in [0.1, 0.15) is 55.4 Å². The number of hydrogen-bond acceptors (Lipinski definition) is 6. The Labute approximate surface area is 295 Å².